The monoisotopic (exact) mass is 454 g/mol. The number of carbonyl (C=O) groups excluding carboxylic acids is 3. The molecule has 0 saturated heterocycles. The number of carbonyl (C=O) groups is 3. The second-order valence-corrected chi connectivity index (χ2v) is 9.12. The van der Waals surface area contributed by atoms with E-state index in [0.717, 1.165) is 11.1 Å². The number of ether oxygens (including phenoxy) is 2. The number of primary amides is 1. The molecule has 2 aromatic rings. The van der Waals surface area contributed by atoms with Crippen LogP contribution in [0, 0.1) is 5.92 Å². The summed E-state index contributed by atoms with van der Waals surface area (Å²) < 4.78 is 11.0. The number of nitrogens with one attached hydrogen (secondary N) is 1. The Morgan fingerprint density at radius 3 is 1.88 bits per heavy atom. The molecule has 0 bridgehead atoms. The Kier molecular flexibility index (Phi) is 9.45. The second-order valence-electron chi connectivity index (χ2n) is 9.12. The molecule has 0 unspecified atom stereocenters. The lowest BCUT2D eigenvalue weighted by Crippen LogP contribution is -2.49. The molecule has 3 atom stereocenters. The van der Waals surface area contributed by atoms with Crippen molar-refractivity contribution in [3.8, 4) is 0 Å². The number of amides is 2. The standard InChI is InChI=1S/C26H34N2O5/c1-18(29)32-23(17-21(24(27)30)15-19-11-7-5-8-12-19)22(16-20-13-9-6-10-14-20)28-25(31)33-26(2,3)4/h5-14,21-23H,15-17H2,1-4H3,(H2,27,30)(H,28,31)/t21-,22+,23+/m1/s1. The van der Waals surface area contributed by atoms with E-state index < -0.39 is 41.6 Å². The zero-order valence-electron chi connectivity index (χ0n) is 19.7. The van der Waals surface area contributed by atoms with Crippen molar-refractivity contribution in [2.24, 2.45) is 11.7 Å². The van der Waals surface area contributed by atoms with Gasteiger partial charge in [-0.3, -0.25) is 9.59 Å². The normalized spacial score (nSPS) is 13.9. The van der Waals surface area contributed by atoms with Gasteiger partial charge < -0.3 is 20.5 Å². The lowest BCUT2D eigenvalue weighted by atomic mass is 9.88. The lowest BCUT2D eigenvalue weighted by molar-refractivity contribution is -0.149. The van der Waals surface area contributed by atoms with E-state index in [2.05, 4.69) is 5.32 Å². The fourth-order valence-corrected chi connectivity index (χ4v) is 3.59. The smallest absolute Gasteiger partial charge is 0.408 e. The Balaban J connectivity index is 2.30. The molecule has 178 valence electrons. The fraction of sp³-hybridized carbons (Fsp3) is 0.423. The van der Waals surface area contributed by atoms with E-state index in [9.17, 15) is 14.4 Å². The zero-order valence-corrected chi connectivity index (χ0v) is 19.7. The van der Waals surface area contributed by atoms with Crippen LogP contribution in [0.2, 0.25) is 0 Å². The van der Waals surface area contributed by atoms with Crippen LogP contribution in [0.3, 0.4) is 0 Å². The maximum absolute atomic E-state index is 12.6. The van der Waals surface area contributed by atoms with Gasteiger partial charge in [0.15, 0.2) is 0 Å². The number of hydrogen-bond acceptors (Lipinski definition) is 5. The summed E-state index contributed by atoms with van der Waals surface area (Å²) in [6.45, 7) is 6.61. The highest BCUT2D eigenvalue weighted by molar-refractivity contribution is 5.77. The van der Waals surface area contributed by atoms with Crippen molar-refractivity contribution in [2.45, 2.75) is 64.7 Å². The van der Waals surface area contributed by atoms with Gasteiger partial charge in [0.25, 0.3) is 0 Å². The second kappa shape index (κ2) is 12.0. The van der Waals surface area contributed by atoms with Crippen LogP contribution in [-0.4, -0.2) is 35.7 Å². The third-order valence-electron chi connectivity index (χ3n) is 5.01. The molecular weight excluding hydrogens is 420 g/mol. The number of nitrogens with two attached hydrogens (primary N) is 1. The Morgan fingerprint density at radius 2 is 1.42 bits per heavy atom. The highest BCUT2D eigenvalue weighted by Crippen LogP contribution is 2.21. The Hall–Kier alpha value is -3.35. The van der Waals surface area contributed by atoms with Gasteiger partial charge in [0.2, 0.25) is 5.91 Å². The molecule has 2 amide bonds. The minimum Gasteiger partial charge on any atom is -0.460 e. The van der Waals surface area contributed by atoms with Crippen molar-refractivity contribution >= 4 is 18.0 Å². The molecule has 0 fully saturated rings. The highest BCUT2D eigenvalue weighted by atomic mass is 16.6. The Morgan fingerprint density at radius 1 is 0.909 bits per heavy atom. The largest absolute Gasteiger partial charge is 0.460 e. The van der Waals surface area contributed by atoms with Gasteiger partial charge in [0.05, 0.1) is 6.04 Å². The van der Waals surface area contributed by atoms with Gasteiger partial charge in [0, 0.05) is 12.8 Å². The van der Waals surface area contributed by atoms with Gasteiger partial charge in [-0.1, -0.05) is 60.7 Å². The first-order valence-electron chi connectivity index (χ1n) is 11.1. The number of benzene rings is 2. The van der Waals surface area contributed by atoms with E-state index in [1.165, 1.54) is 6.92 Å². The quantitative estimate of drug-likeness (QED) is 0.531. The maximum atomic E-state index is 12.6. The summed E-state index contributed by atoms with van der Waals surface area (Å²) in [4.78, 5) is 36.8. The molecule has 7 heteroatoms. The van der Waals surface area contributed by atoms with Gasteiger partial charge in [-0.2, -0.15) is 0 Å². The third-order valence-corrected chi connectivity index (χ3v) is 5.01. The summed E-state index contributed by atoms with van der Waals surface area (Å²) in [5.74, 6) is -1.59. The molecule has 0 aromatic heterocycles. The molecule has 0 heterocycles. The Bertz CT molecular complexity index is 909. The molecule has 7 nitrogen and oxygen atoms in total. The van der Waals surface area contributed by atoms with Crippen molar-refractivity contribution in [3.63, 3.8) is 0 Å². The third kappa shape index (κ3) is 9.76. The van der Waals surface area contributed by atoms with Crippen LogP contribution in [0.15, 0.2) is 60.7 Å². The van der Waals surface area contributed by atoms with E-state index in [1.807, 2.05) is 60.7 Å². The van der Waals surface area contributed by atoms with E-state index in [1.54, 1.807) is 20.8 Å². The van der Waals surface area contributed by atoms with Crippen LogP contribution in [0.4, 0.5) is 4.79 Å². The summed E-state index contributed by atoms with van der Waals surface area (Å²) in [5, 5.41) is 2.85. The van der Waals surface area contributed by atoms with Crippen LogP contribution in [0.5, 0.6) is 0 Å². The number of alkyl carbamates (subject to hydrolysis) is 1. The molecule has 2 aromatic carbocycles. The first kappa shape index (κ1) is 25.9. The average molecular weight is 455 g/mol. The van der Waals surface area contributed by atoms with Gasteiger partial charge in [-0.25, -0.2) is 4.79 Å². The SMILES string of the molecule is CC(=O)O[C@@H](C[C@@H](Cc1ccccc1)C(N)=O)[C@H](Cc1ccccc1)NC(=O)OC(C)(C)C. The van der Waals surface area contributed by atoms with Crippen molar-refractivity contribution < 1.29 is 23.9 Å². The van der Waals surface area contributed by atoms with E-state index in [4.69, 9.17) is 15.2 Å². The van der Waals surface area contributed by atoms with Crippen molar-refractivity contribution in [1.82, 2.24) is 5.32 Å². The molecule has 2 rings (SSSR count). The van der Waals surface area contributed by atoms with Gasteiger partial charge >= 0.3 is 12.1 Å². The summed E-state index contributed by atoms with van der Waals surface area (Å²) in [6, 6.07) is 18.4. The maximum Gasteiger partial charge on any atom is 0.408 e. The Labute approximate surface area is 195 Å². The van der Waals surface area contributed by atoms with Crippen LogP contribution >= 0.6 is 0 Å². The topological polar surface area (TPSA) is 108 Å². The van der Waals surface area contributed by atoms with Crippen LogP contribution in [0.25, 0.3) is 0 Å². The molecule has 3 N–H and O–H groups in total. The van der Waals surface area contributed by atoms with Gasteiger partial charge in [-0.05, 0) is 51.2 Å². The molecule has 0 saturated carbocycles. The fourth-order valence-electron chi connectivity index (χ4n) is 3.59. The molecule has 0 aliphatic heterocycles. The first-order valence-corrected chi connectivity index (χ1v) is 11.1. The summed E-state index contributed by atoms with van der Waals surface area (Å²) in [6.07, 6.45) is -0.458. The number of hydrogen-bond donors (Lipinski definition) is 2. The van der Waals surface area contributed by atoms with E-state index >= 15 is 0 Å². The summed E-state index contributed by atoms with van der Waals surface area (Å²) >= 11 is 0. The van der Waals surface area contributed by atoms with E-state index in [-0.39, 0.29) is 6.42 Å². The molecule has 0 spiro atoms. The predicted octanol–water partition coefficient (Wildman–Crippen LogP) is 3.79. The minimum absolute atomic E-state index is 0.164. The van der Waals surface area contributed by atoms with Crippen LogP contribution in [-0.2, 0) is 31.9 Å². The van der Waals surface area contributed by atoms with Crippen LogP contribution in [0.1, 0.15) is 45.2 Å². The van der Waals surface area contributed by atoms with Crippen molar-refractivity contribution in [3.05, 3.63) is 71.8 Å². The minimum atomic E-state index is -0.781. The number of rotatable bonds is 10. The molecule has 0 radical (unpaired) electrons. The van der Waals surface area contributed by atoms with E-state index in [0.29, 0.717) is 12.8 Å². The lowest BCUT2D eigenvalue weighted by Gasteiger charge is -2.31. The van der Waals surface area contributed by atoms with Crippen molar-refractivity contribution in [2.75, 3.05) is 0 Å². The summed E-state index contributed by atoms with van der Waals surface area (Å²) in [5.41, 5.74) is 6.90. The highest BCUT2D eigenvalue weighted by Gasteiger charge is 2.32. The number of esters is 1. The zero-order chi connectivity index (χ0) is 24.4. The average Bonchev–Trinajstić information content (AvgIpc) is 2.72. The van der Waals surface area contributed by atoms with Crippen LogP contribution < -0.4 is 11.1 Å². The molecule has 0 aliphatic rings. The predicted molar refractivity (Wildman–Crippen MR) is 126 cm³/mol. The van der Waals surface area contributed by atoms with Gasteiger partial charge in [-0.15, -0.1) is 0 Å². The van der Waals surface area contributed by atoms with Gasteiger partial charge in [0.1, 0.15) is 11.7 Å². The molecule has 33 heavy (non-hydrogen) atoms. The molecule has 0 aliphatic carbocycles. The first-order chi connectivity index (χ1) is 15.5. The van der Waals surface area contributed by atoms with Crippen molar-refractivity contribution in [1.29, 1.82) is 0 Å². The molecular formula is C26H34N2O5. The summed E-state index contributed by atoms with van der Waals surface area (Å²) in [7, 11) is 0.